The Kier molecular flexibility index (Phi) is 4.32. The van der Waals surface area contributed by atoms with Gasteiger partial charge in [0.1, 0.15) is 0 Å². The minimum absolute atomic E-state index is 0.200. The molecule has 0 radical (unpaired) electrons. The van der Waals surface area contributed by atoms with E-state index in [0.29, 0.717) is 16.9 Å². The van der Waals surface area contributed by atoms with Crippen LogP contribution in [0.25, 0.3) is 21.5 Å². The number of rotatable bonds is 4. The zero-order valence-electron chi connectivity index (χ0n) is 16.3. The van der Waals surface area contributed by atoms with Crippen LogP contribution in [-0.2, 0) is 9.59 Å². The lowest BCUT2D eigenvalue weighted by Crippen LogP contribution is -2.20. The van der Waals surface area contributed by atoms with Gasteiger partial charge in [0.25, 0.3) is 0 Å². The average Bonchev–Trinajstić information content (AvgIpc) is 3.45. The molecule has 1 fully saturated rings. The van der Waals surface area contributed by atoms with E-state index in [1.807, 2.05) is 84.9 Å². The van der Waals surface area contributed by atoms with E-state index in [-0.39, 0.29) is 11.8 Å². The molecule has 4 aromatic rings. The Balaban J connectivity index is 1.27. The van der Waals surface area contributed by atoms with Gasteiger partial charge in [-0.1, -0.05) is 72.8 Å². The van der Waals surface area contributed by atoms with E-state index < -0.39 is 11.8 Å². The lowest BCUT2D eigenvalue weighted by molar-refractivity contribution is -0.122. The predicted molar refractivity (Wildman–Crippen MR) is 121 cm³/mol. The van der Waals surface area contributed by atoms with Crippen molar-refractivity contribution in [3.63, 3.8) is 0 Å². The molecule has 0 unspecified atom stereocenters. The summed E-state index contributed by atoms with van der Waals surface area (Å²) in [5.74, 6) is -1.41. The number of fused-ring (bicyclic) bond motifs is 2. The normalized spacial score (nSPS) is 17.7. The lowest BCUT2D eigenvalue weighted by Gasteiger charge is -2.07. The fraction of sp³-hybridized carbons (Fsp3) is 0.0769. The summed E-state index contributed by atoms with van der Waals surface area (Å²) in [5, 5.41) is 10.2. The molecule has 0 aliphatic heterocycles. The number of hydrogen-bond donors (Lipinski definition) is 2. The Morgan fingerprint density at radius 1 is 0.600 bits per heavy atom. The van der Waals surface area contributed by atoms with Crippen LogP contribution in [0.1, 0.15) is 0 Å². The fourth-order valence-electron chi connectivity index (χ4n) is 3.93. The number of benzene rings is 4. The first-order chi connectivity index (χ1) is 14.6. The third-order valence-corrected chi connectivity index (χ3v) is 5.62. The summed E-state index contributed by atoms with van der Waals surface area (Å²) in [6.45, 7) is 3.93. The molecule has 30 heavy (non-hydrogen) atoms. The first-order valence-electron chi connectivity index (χ1n) is 9.88. The van der Waals surface area contributed by atoms with Crippen molar-refractivity contribution in [3.8, 4) is 0 Å². The van der Waals surface area contributed by atoms with Gasteiger partial charge >= 0.3 is 0 Å². The maximum Gasteiger partial charge on any atom is 0.232 e. The molecule has 1 aliphatic rings. The Morgan fingerprint density at radius 2 is 1.00 bits per heavy atom. The molecular weight excluding hydrogens is 372 g/mol. The van der Waals surface area contributed by atoms with Crippen LogP contribution >= 0.6 is 0 Å². The van der Waals surface area contributed by atoms with Crippen LogP contribution in [0.4, 0.5) is 11.4 Å². The molecule has 0 bridgehead atoms. The molecule has 2 atom stereocenters. The number of hydrogen-bond acceptors (Lipinski definition) is 2. The van der Waals surface area contributed by atoms with Crippen molar-refractivity contribution in [1.29, 1.82) is 0 Å². The van der Waals surface area contributed by atoms with E-state index in [9.17, 15) is 9.59 Å². The van der Waals surface area contributed by atoms with Gasteiger partial charge in [-0.05, 0) is 45.8 Å². The molecule has 4 heteroatoms. The third kappa shape index (κ3) is 3.33. The molecule has 4 nitrogen and oxygen atoms in total. The summed E-state index contributed by atoms with van der Waals surface area (Å²) in [5.41, 5.74) is 2.07. The SMILES string of the molecule is C=C1[C@H](C(=O)Nc2ccc3ccccc3c2)[C@@H]1C(=O)Nc1ccc2ccccc2c1. The highest BCUT2D eigenvalue weighted by atomic mass is 16.2. The van der Waals surface area contributed by atoms with Crippen molar-refractivity contribution in [3.05, 3.63) is 97.1 Å². The molecule has 0 spiro atoms. The van der Waals surface area contributed by atoms with E-state index in [1.54, 1.807) is 0 Å². The van der Waals surface area contributed by atoms with Crippen LogP contribution in [0.2, 0.25) is 0 Å². The van der Waals surface area contributed by atoms with Crippen LogP contribution in [0.15, 0.2) is 97.1 Å². The lowest BCUT2D eigenvalue weighted by atomic mass is 10.1. The summed E-state index contributed by atoms with van der Waals surface area (Å²) in [6.07, 6.45) is 0. The van der Waals surface area contributed by atoms with E-state index >= 15 is 0 Å². The van der Waals surface area contributed by atoms with Crippen molar-refractivity contribution in [1.82, 2.24) is 0 Å². The highest BCUT2D eigenvalue weighted by molar-refractivity contribution is 6.09. The van der Waals surface area contributed by atoms with Crippen molar-refractivity contribution >= 4 is 44.7 Å². The Hall–Kier alpha value is -3.92. The summed E-state index contributed by atoms with van der Waals surface area (Å²) >= 11 is 0. The van der Waals surface area contributed by atoms with Gasteiger partial charge in [0.05, 0.1) is 11.8 Å². The minimum Gasteiger partial charge on any atom is -0.326 e. The molecule has 5 rings (SSSR count). The number of carbonyl (C=O) groups excluding carboxylic acids is 2. The van der Waals surface area contributed by atoms with Gasteiger partial charge in [0.2, 0.25) is 11.8 Å². The number of nitrogens with one attached hydrogen (secondary N) is 2. The van der Waals surface area contributed by atoms with Gasteiger partial charge in [-0.15, -0.1) is 0 Å². The molecule has 2 amide bonds. The summed E-state index contributed by atoms with van der Waals surface area (Å²) < 4.78 is 0. The van der Waals surface area contributed by atoms with E-state index in [0.717, 1.165) is 21.5 Å². The summed E-state index contributed by atoms with van der Waals surface area (Å²) in [4.78, 5) is 25.4. The molecule has 0 heterocycles. The van der Waals surface area contributed by atoms with Gasteiger partial charge in [-0.2, -0.15) is 0 Å². The zero-order valence-corrected chi connectivity index (χ0v) is 16.3. The van der Waals surface area contributed by atoms with Crippen LogP contribution in [0.3, 0.4) is 0 Å². The summed E-state index contributed by atoms with van der Waals surface area (Å²) in [7, 11) is 0. The van der Waals surface area contributed by atoms with Crippen molar-refractivity contribution in [2.24, 2.45) is 11.8 Å². The zero-order chi connectivity index (χ0) is 20.7. The largest absolute Gasteiger partial charge is 0.326 e. The molecule has 146 valence electrons. The van der Waals surface area contributed by atoms with E-state index in [4.69, 9.17) is 0 Å². The Morgan fingerprint density at radius 3 is 1.43 bits per heavy atom. The van der Waals surface area contributed by atoms with Crippen LogP contribution in [0, 0.1) is 11.8 Å². The Bertz CT molecular complexity index is 1220. The second-order valence-corrected chi connectivity index (χ2v) is 7.63. The van der Waals surface area contributed by atoms with E-state index in [2.05, 4.69) is 17.2 Å². The molecule has 0 aromatic heterocycles. The first kappa shape index (κ1) is 18.1. The van der Waals surface area contributed by atoms with E-state index in [1.165, 1.54) is 0 Å². The molecule has 4 aromatic carbocycles. The van der Waals surface area contributed by atoms with Crippen molar-refractivity contribution < 1.29 is 9.59 Å². The monoisotopic (exact) mass is 392 g/mol. The quantitative estimate of drug-likeness (QED) is 0.459. The topological polar surface area (TPSA) is 58.2 Å². The number of carbonyl (C=O) groups is 2. The van der Waals surface area contributed by atoms with Crippen molar-refractivity contribution in [2.75, 3.05) is 10.6 Å². The van der Waals surface area contributed by atoms with Gasteiger partial charge in [0.15, 0.2) is 0 Å². The van der Waals surface area contributed by atoms with Crippen LogP contribution in [-0.4, -0.2) is 11.8 Å². The number of anilines is 2. The smallest absolute Gasteiger partial charge is 0.232 e. The first-order valence-corrected chi connectivity index (χ1v) is 9.88. The van der Waals surface area contributed by atoms with Gasteiger partial charge in [-0.3, -0.25) is 9.59 Å². The summed E-state index contributed by atoms with van der Waals surface area (Å²) in [6, 6.07) is 27.5. The highest BCUT2D eigenvalue weighted by Crippen LogP contribution is 2.45. The van der Waals surface area contributed by atoms with Gasteiger partial charge in [-0.25, -0.2) is 0 Å². The molecule has 1 aliphatic carbocycles. The van der Waals surface area contributed by atoms with Gasteiger partial charge in [0, 0.05) is 11.4 Å². The third-order valence-electron chi connectivity index (χ3n) is 5.62. The average molecular weight is 392 g/mol. The Labute approximate surface area is 174 Å². The number of amides is 2. The fourth-order valence-corrected chi connectivity index (χ4v) is 3.93. The molecule has 1 saturated carbocycles. The molecule has 2 N–H and O–H groups in total. The molecular formula is C26H20N2O2. The standard InChI is InChI=1S/C26H20N2O2/c1-16-23(25(29)27-21-12-10-17-6-2-4-8-19(17)14-21)24(16)26(30)28-22-13-11-18-7-3-5-9-20(18)15-22/h2-15,23-24H,1H2,(H,27,29)(H,28,30)/t23-,24+. The van der Waals surface area contributed by atoms with Crippen molar-refractivity contribution in [2.45, 2.75) is 0 Å². The minimum atomic E-state index is -0.503. The van der Waals surface area contributed by atoms with Crippen LogP contribution in [0.5, 0.6) is 0 Å². The predicted octanol–water partition coefficient (Wildman–Crippen LogP) is 5.37. The highest BCUT2D eigenvalue weighted by Gasteiger charge is 2.52. The van der Waals surface area contributed by atoms with Crippen LogP contribution < -0.4 is 10.6 Å². The second kappa shape index (κ2) is 7.16. The maximum atomic E-state index is 12.7. The maximum absolute atomic E-state index is 12.7. The molecule has 0 saturated heterocycles. The second-order valence-electron chi connectivity index (χ2n) is 7.63. The van der Waals surface area contributed by atoms with Gasteiger partial charge < -0.3 is 10.6 Å².